The lowest BCUT2D eigenvalue weighted by Gasteiger charge is -2.48. The SMILES string of the molecule is CCOC(=O)N1[C@@H](c2ccccc2)CC2(C[C@@H]1c1ccccc1)OCCO2. The van der Waals surface area contributed by atoms with E-state index >= 15 is 0 Å². The van der Waals surface area contributed by atoms with E-state index in [0.29, 0.717) is 32.7 Å². The molecule has 0 saturated carbocycles. The number of ether oxygens (including phenoxy) is 3. The second-order valence-electron chi connectivity index (χ2n) is 6.98. The van der Waals surface area contributed by atoms with Gasteiger partial charge in [-0.15, -0.1) is 0 Å². The van der Waals surface area contributed by atoms with Gasteiger partial charge < -0.3 is 14.2 Å². The molecule has 4 rings (SSSR count). The molecule has 0 unspecified atom stereocenters. The lowest BCUT2D eigenvalue weighted by Crippen LogP contribution is -2.50. The lowest BCUT2D eigenvalue weighted by molar-refractivity contribution is -0.207. The average molecular weight is 367 g/mol. The summed E-state index contributed by atoms with van der Waals surface area (Å²) in [6.07, 6.45) is 0.895. The van der Waals surface area contributed by atoms with Crippen LogP contribution in [0.4, 0.5) is 4.79 Å². The van der Waals surface area contributed by atoms with Gasteiger partial charge in [-0.3, -0.25) is 4.90 Å². The molecular formula is C22H25NO4. The number of hydrogen-bond donors (Lipinski definition) is 0. The van der Waals surface area contributed by atoms with Crippen molar-refractivity contribution < 1.29 is 19.0 Å². The van der Waals surface area contributed by atoms with E-state index in [2.05, 4.69) is 0 Å². The Balaban J connectivity index is 1.79. The van der Waals surface area contributed by atoms with Gasteiger partial charge in [-0.25, -0.2) is 4.79 Å². The molecule has 1 amide bonds. The third kappa shape index (κ3) is 3.57. The highest BCUT2D eigenvalue weighted by molar-refractivity contribution is 5.69. The molecule has 2 saturated heterocycles. The number of nitrogens with zero attached hydrogens (tertiary/aromatic N) is 1. The standard InChI is InChI=1S/C22H25NO4/c1-2-25-21(24)23-19(17-9-5-3-6-10-17)15-22(26-13-14-27-22)16-20(23)18-11-7-4-8-12-18/h3-12,19-20H,2,13-16H2,1H3/t19-,20-/m1/s1. The van der Waals surface area contributed by atoms with Gasteiger partial charge in [0.1, 0.15) is 0 Å². The van der Waals surface area contributed by atoms with Crippen LogP contribution in [-0.4, -0.2) is 36.6 Å². The van der Waals surface area contributed by atoms with E-state index in [1.54, 1.807) is 0 Å². The normalized spacial score (nSPS) is 24.1. The van der Waals surface area contributed by atoms with Gasteiger partial charge in [0.15, 0.2) is 5.79 Å². The van der Waals surface area contributed by atoms with Crippen LogP contribution in [0.15, 0.2) is 60.7 Å². The molecule has 142 valence electrons. The molecule has 0 bridgehead atoms. The molecule has 5 nitrogen and oxygen atoms in total. The Hall–Kier alpha value is -2.37. The summed E-state index contributed by atoms with van der Waals surface area (Å²) in [6.45, 7) is 3.35. The number of benzene rings is 2. The summed E-state index contributed by atoms with van der Waals surface area (Å²) in [5.41, 5.74) is 2.12. The number of hydrogen-bond acceptors (Lipinski definition) is 4. The zero-order valence-electron chi connectivity index (χ0n) is 15.5. The molecule has 2 fully saturated rings. The summed E-state index contributed by atoms with van der Waals surface area (Å²) in [7, 11) is 0. The van der Waals surface area contributed by atoms with E-state index in [0.717, 1.165) is 11.1 Å². The van der Waals surface area contributed by atoms with E-state index in [9.17, 15) is 4.79 Å². The minimum absolute atomic E-state index is 0.178. The zero-order chi connectivity index (χ0) is 18.7. The van der Waals surface area contributed by atoms with Gasteiger partial charge in [0, 0.05) is 12.8 Å². The van der Waals surface area contributed by atoms with E-state index in [1.807, 2.05) is 72.5 Å². The molecule has 0 aliphatic carbocycles. The van der Waals surface area contributed by atoms with E-state index < -0.39 is 5.79 Å². The van der Waals surface area contributed by atoms with Crippen molar-refractivity contribution in [2.75, 3.05) is 19.8 Å². The Bertz CT molecular complexity index is 707. The van der Waals surface area contributed by atoms with Crippen molar-refractivity contribution in [3.8, 4) is 0 Å². The molecule has 2 aliphatic rings. The predicted molar refractivity (Wildman–Crippen MR) is 101 cm³/mol. The lowest BCUT2D eigenvalue weighted by atomic mass is 9.84. The summed E-state index contributed by atoms with van der Waals surface area (Å²) >= 11 is 0. The summed E-state index contributed by atoms with van der Waals surface area (Å²) in [4.78, 5) is 14.9. The van der Waals surface area contributed by atoms with Crippen LogP contribution in [-0.2, 0) is 14.2 Å². The first-order valence-corrected chi connectivity index (χ1v) is 9.55. The van der Waals surface area contributed by atoms with Gasteiger partial charge in [0.25, 0.3) is 0 Å². The van der Waals surface area contributed by atoms with Crippen LogP contribution >= 0.6 is 0 Å². The van der Waals surface area contributed by atoms with Gasteiger partial charge in [-0.2, -0.15) is 0 Å². The molecule has 5 heteroatoms. The highest BCUT2D eigenvalue weighted by Crippen LogP contribution is 2.49. The van der Waals surface area contributed by atoms with Gasteiger partial charge in [-0.1, -0.05) is 60.7 Å². The van der Waals surface area contributed by atoms with Crippen molar-refractivity contribution in [3.05, 3.63) is 71.8 Å². The second kappa shape index (κ2) is 7.71. The Morgan fingerprint density at radius 2 is 1.44 bits per heavy atom. The molecule has 2 aliphatic heterocycles. The van der Waals surface area contributed by atoms with Crippen LogP contribution in [0, 0.1) is 0 Å². The fourth-order valence-electron chi connectivity index (χ4n) is 4.18. The molecule has 2 aromatic rings. The Morgan fingerprint density at radius 1 is 0.963 bits per heavy atom. The monoisotopic (exact) mass is 367 g/mol. The van der Waals surface area contributed by atoms with E-state index in [1.165, 1.54) is 0 Å². The van der Waals surface area contributed by atoms with Gasteiger partial charge in [0.05, 0.1) is 31.9 Å². The maximum atomic E-state index is 13.0. The molecule has 0 radical (unpaired) electrons. The molecule has 0 aromatic heterocycles. The van der Waals surface area contributed by atoms with Crippen LogP contribution in [0.5, 0.6) is 0 Å². The van der Waals surface area contributed by atoms with Crippen molar-refractivity contribution in [1.29, 1.82) is 0 Å². The van der Waals surface area contributed by atoms with Crippen molar-refractivity contribution in [2.45, 2.75) is 37.6 Å². The third-order valence-corrected chi connectivity index (χ3v) is 5.34. The van der Waals surface area contributed by atoms with E-state index in [4.69, 9.17) is 14.2 Å². The van der Waals surface area contributed by atoms with Crippen LogP contribution in [0.25, 0.3) is 0 Å². The van der Waals surface area contributed by atoms with Crippen molar-refractivity contribution in [1.82, 2.24) is 4.90 Å². The van der Waals surface area contributed by atoms with Crippen molar-refractivity contribution in [3.63, 3.8) is 0 Å². The number of amides is 1. The Kier molecular flexibility index (Phi) is 5.14. The number of carbonyl (C=O) groups is 1. The fraction of sp³-hybridized carbons (Fsp3) is 0.409. The minimum atomic E-state index is -0.663. The maximum Gasteiger partial charge on any atom is 0.410 e. The molecular weight excluding hydrogens is 342 g/mol. The summed E-state index contributed by atoms with van der Waals surface area (Å²) in [5.74, 6) is -0.663. The number of piperidine rings is 1. The largest absolute Gasteiger partial charge is 0.450 e. The van der Waals surface area contributed by atoms with Gasteiger partial charge in [-0.05, 0) is 18.1 Å². The first kappa shape index (κ1) is 18.0. The van der Waals surface area contributed by atoms with Crippen LogP contribution in [0.2, 0.25) is 0 Å². The number of likely N-dealkylation sites (tertiary alicyclic amines) is 1. The molecule has 0 N–H and O–H groups in total. The number of carbonyl (C=O) groups excluding carboxylic acids is 1. The molecule has 2 atom stereocenters. The second-order valence-corrected chi connectivity index (χ2v) is 6.98. The quantitative estimate of drug-likeness (QED) is 0.803. The van der Waals surface area contributed by atoms with Crippen LogP contribution in [0.3, 0.4) is 0 Å². The first-order valence-electron chi connectivity index (χ1n) is 9.55. The minimum Gasteiger partial charge on any atom is -0.450 e. The molecule has 2 heterocycles. The first-order chi connectivity index (χ1) is 13.2. The Labute approximate surface area is 159 Å². The molecule has 27 heavy (non-hydrogen) atoms. The van der Waals surface area contributed by atoms with Gasteiger partial charge in [0.2, 0.25) is 0 Å². The summed E-state index contributed by atoms with van der Waals surface area (Å²) in [6, 6.07) is 19.8. The highest BCUT2D eigenvalue weighted by Gasteiger charge is 2.51. The fourth-order valence-corrected chi connectivity index (χ4v) is 4.18. The topological polar surface area (TPSA) is 48.0 Å². The molecule has 2 aromatic carbocycles. The van der Waals surface area contributed by atoms with Crippen LogP contribution in [0.1, 0.15) is 43.0 Å². The Morgan fingerprint density at radius 3 is 1.89 bits per heavy atom. The molecule has 1 spiro atoms. The highest BCUT2D eigenvalue weighted by atomic mass is 16.7. The van der Waals surface area contributed by atoms with Crippen molar-refractivity contribution >= 4 is 6.09 Å². The average Bonchev–Trinajstić information content (AvgIpc) is 3.16. The third-order valence-electron chi connectivity index (χ3n) is 5.34. The summed E-state index contributed by atoms with van der Waals surface area (Å²) < 4.78 is 17.6. The van der Waals surface area contributed by atoms with Gasteiger partial charge >= 0.3 is 6.09 Å². The smallest absolute Gasteiger partial charge is 0.410 e. The predicted octanol–water partition coefficient (Wildman–Crippen LogP) is 4.46. The zero-order valence-corrected chi connectivity index (χ0v) is 15.5. The number of rotatable bonds is 3. The maximum absolute atomic E-state index is 13.0. The van der Waals surface area contributed by atoms with E-state index in [-0.39, 0.29) is 18.2 Å². The van der Waals surface area contributed by atoms with Crippen LogP contribution < -0.4 is 0 Å². The van der Waals surface area contributed by atoms with Crippen molar-refractivity contribution in [2.24, 2.45) is 0 Å². The summed E-state index contributed by atoms with van der Waals surface area (Å²) in [5, 5.41) is 0.